The number of amides is 1. The van der Waals surface area contributed by atoms with E-state index in [1.807, 2.05) is 44.2 Å². The Hall–Kier alpha value is -2.29. The van der Waals surface area contributed by atoms with Crippen molar-refractivity contribution in [3.05, 3.63) is 53.6 Å². The molecule has 2 aromatic rings. The number of methoxy groups -OCH3 is 1. The summed E-state index contributed by atoms with van der Waals surface area (Å²) in [5, 5.41) is 2.75. The van der Waals surface area contributed by atoms with Crippen LogP contribution in [-0.2, 0) is 4.74 Å². The molecule has 0 aliphatic rings. The van der Waals surface area contributed by atoms with Crippen molar-refractivity contribution >= 4 is 11.8 Å². The van der Waals surface area contributed by atoms with Crippen LogP contribution in [0.2, 0.25) is 0 Å². The van der Waals surface area contributed by atoms with Gasteiger partial charge in [-0.3, -0.25) is 5.32 Å². The molecule has 0 saturated heterocycles. The topological polar surface area (TPSA) is 38.3 Å². The van der Waals surface area contributed by atoms with Gasteiger partial charge in [0, 0.05) is 5.56 Å². The van der Waals surface area contributed by atoms with Crippen LogP contribution in [0.5, 0.6) is 0 Å². The van der Waals surface area contributed by atoms with E-state index in [1.165, 1.54) is 12.7 Å². The van der Waals surface area contributed by atoms with Gasteiger partial charge in [-0.15, -0.1) is 0 Å². The first-order valence-electron chi connectivity index (χ1n) is 6.13. The highest BCUT2D eigenvalue weighted by molar-refractivity contribution is 5.91. The predicted molar refractivity (Wildman–Crippen MR) is 77.4 cm³/mol. The second-order valence-electron chi connectivity index (χ2n) is 4.53. The van der Waals surface area contributed by atoms with E-state index in [1.54, 1.807) is 0 Å². The number of ether oxygens (including phenoxy) is 1. The maximum absolute atomic E-state index is 11.4. The molecule has 0 aliphatic carbocycles. The Morgan fingerprint density at radius 1 is 1.00 bits per heavy atom. The van der Waals surface area contributed by atoms with E-state index in [9.17, 15) is 4.79 Å². The first-order chi connectivity index (χ1) is 9.10. The summed E-state index contributed by atoms with van der Waals surface area (Å²) in [6.07, 6.45) is -0.459. The average molecular weight is 255 g/mol. The number of hydrogen-bond acceptors (Lipinski definition) is 2. The first kappa shape index (κ1) is 13.1. The van der Waals surface area contributed by atoms with E-state index in [-0.39, 0.29) is 0 Å². The van der Waals surface area contributed by atoms with Crippen LogP contribution in [0.25, 0.3) is 11.1 Å². The second kappa shape index (κ2) is 5.57. The number of rotatable bonds is 2. The van der Waals surface area contributed by atoms with Crippen molar-refractivity contribution in [3.8, 4) is 11.1 Å². The lowest BCUT2D eigenvalue weighted by Gasteiger charge is -2.12. The zero-order valence-electron chi connectivity index (χ0n) is 11.4. The van der Waals surface area contributed by atoms with Gasteiger partial charge in [0.1, 0.15) is 0 Å². The van der Waals surface area contributed by atoms with Crippen LogP contribution < -0.4 is 5.32 Å². The zero-order valence-corrected chi connectivity index (χ0v) is 11.4. The van der Waals surface area contributed by atoms with Crippen molar-refractivity contribution in [2.75, 3.05) is 12.4 Å². The van der Waals surface area contributed by atoms with Gasteiger partial charge < -0.3 is 4.74 Å². The van der Waals surface area contributed by atoms with Gasteiger partial charge >= 0.3 is 6.09 Å². The van der Waals surface area contributed by atoms with Crippen LogP contribution in [-0.4, -0.2) is 13.2 Å². The minimum atomic E-state index is -0.459. The van der Waals surface area contributed by atoms with Gasteiger partial charge in [0.25, 0.3) is 0 Å². The maximum atomic E-state index is 11.4. The molecule has 0 heterocycles. The molecule has 2 rings (SSSR count). The van der Waals surface area contributed by atoms with Gasteiger partial charge in [0.2, 0.25) is 0 Å². The minimum Gasteiger partial charge on any atom is -0.453 e. The molecule has 0 aliphatic heterocycles. The highest BCUT2D eigenvalue weighted by Crippen LogP contribution is 2.29. The molecular weight excluding hydrogens is 238 g/mol. The molecule has 98 valence electrons. The lowest BCUT2D eigenvalue weighted by atomic mass is 10.0. The molecule has 3 nitrogen and oxygen atoms in total. The highest BCUT2D eigenvalue weighted by atomic mass is 16.5. The van der Waals surface area contributed by atoms with E-state index in [2.05, 4.69) is 22.2 Å². The van der Waals surface area contributed by atoms with Gasteiger partial charge in [-0.2, -0.15) is 0 Å². The van der Waals surface area contributed by atoms with Crippen molar-refractivity contribution in [2.24, 2.45) is 0 Å². The molecule has 1 N–H and O–H groups in total. The minimum absolute atomic E-state index is 0.459. The Morgan fingerprint density at radius 2 is 1.63 bits per heavy atom. The lowest BCUT2D eigenvalue weighted by molar-refractivity contribution is 0.187. The number of nitrogens with one attached hydrogen (secondary N) is 1. The summed E-state index contributed by atoms with van der Waals surface area (Å²) in [7, 11) is 1.36. The van der Waals surface area contributed by atoms with Gasteiger partial charge in [0.15, 0.2) is 0 Å². The molecule has 0 saturated carbocycles. The van der Waals surface area contributed by atoms with Crippen molar-refractivity contribution in [3.63, 3.8) is 0 Å². The average Bonchev–Trinajstić information content (AvgIpc) is 2.40. The normalized spacial score (nSPS) is 10.1. The molecule has 0 radical (unpaired) electrons. The Labute approximate surface area is 113 Å². The molecule has 0 fully saturated rings. The molecule has 0 bridgehead atoms. The highest BCUT2D eigenvalue weighted by Gasteiger charge is 2.08. The van der Waals surface area contributed by atoms with Crippen molar-refractivity contribution in [1.29, 1.82) is 0 Å². The maximum Gasteiger partial charge on any atom is 0.411 e. The number of benzene rings is 2. The number of anilines is 1. The van der Waals surface area contributed by atoms with Crippen LogP contribution in [0, 0.1) is 13.8 Å². The van der Waals surface area contributed by atoms with Gasteiger partial charge in [0.05, 0.1) is 12.8 Å². The zero-order chi connectivity index (χ0) is 13.8. The molecule has 2 aromatic carbocycles. The van der Waals surface area contributed by atoms with Crippen LogP contribution in [0.15, 0.2) is 42.5 Å². The number of carbonyl (C=O) groups excluding carboxylic acids is 1. The Balaban J connectivity index is 2.44. The molecule has 19 heavy (non-hydrogen) atoms. The van der Waals surface area contributed by atoms with E-state index in [4.69, 9.17) is 0 Å². The Bertz CT molecular complexity index is 588. The van der Waals surface area contributed by atoms with Crippen LogP contribution in [0.4, 0.5) is 10.5 Å². The molecule has 3 heteroatoms. The molecule has 1 amide bonds. The monoisotopic (exact) mass is 255 g/mol. The summed E-state index contributed by atoms with van der Waals surface area (Å²) in [5.41, 5.74) is 5.10. The van der Waals surface area contributed by atoms with E-state index in [0.29, 0.717) is 0 Å². The Kier molecular flexibility index (Phi) is 3.85. The molecule has 0 unspecified atom stereocenters. The number of hydrogen-bond donors (Lipinski definition) is 1. The first-order valence-corrected chi connectivity index (χ1v) is 6.13. The fourth-order valence-corrected chi connectivity index (χ4v) is 1.91. The molecule has 0 spiro atoms. The third-order valence-electron chi connectivity index (χ3n) is 2.96. The summed E-state index contributed by atoms with van der Waals surface area (Å²) in [6, 6.07) is 14.2. The molecular formula is C16H17NO2. The summed E-state index contributed by atoms with van der Waals surface area (Å²) in [6.45, 7) is 4.04. The predicted octanol–water partition coefficient (Wildman–Crippen LogP) is 4.15. The standard InChI is InChI=1S/C16H17NO2/c1-11-4-7-13(8-5-11)14-9-6-12(2)10-15(14)17-16(18)19-3/h4-10H,1-3H3,(H,17,18). The summed E-state index contributed by atoms with van der Waals surface area (Å²) in [5.74, 6) is 0. The Morgan fingerprint density at radius 3 is 2.26 bits per heavy atom. The second-order valence-corrected chi connectivity index (χ2v) is 4.53. The summed E-state index contributed by atoms with van der Waals surface area (Å²) in [4.78, 5) is 11.4. The van der Waals surface area contributed by atoms with Crippen molar-refractivity contribution in [2.45, 2.75) is 13.8 Å². The van der Waals surface area contributed by atoms with Gasteiger partial charge in [-0.25, -0.2) is 4.79 Å². The smallest absolute Gasteiger partial charge is 0.411 e. The van der Waals surface area contributed by atoms with Crippen LogP contribution in [0.3, 0.4) is 0 Å². The number of carbonyl (C=O) groups is 1. The third-order valence-corrected chi connectivity index (χ3v) is 2.96. The van der Waals surface area contributed by atoms with Crippen LogP contribution in [0.1, 0.15) is 11.1 Å². The number of aryl methyl sites for hydroxylation is 2. The third kappa shape index (κ3) is 3.13. The molecule has 0 atom stereocenters. The SMILES string of the molecule is COC(=O)Nc1cc(C)ccc1-c1ccc(C)cc1. The van der Waals surface area contributed by atoms with Crippen molar-refractivity contribution < 1.29 is 9.53 Å². The summed E-state index contributed by atoms with van der Waals surface area (Å²) >= 11 is 0. The summed E-state index contributed by atoms with van der Waals surface area (Å²) < 4.78 is 4.65. The fraction of sp³-hybridized carbons (Fsp3) is 0.188. The van der Waals surface area contributed by atoms with E-state index in [0.717, 1.165) is 22.4 Å². The van der Waals surface area contributed by atoms with Gasteiger partial charge in [-0.05, 0) is 31.0 Å². The quantitative estimate of drug-likeness (QED) is 0.875. The van der Waals surface area contributed by atoms with Gasteiger partial charge in [-0.1, -0.05) is 42.0 Å². The largest absolute Gasteiger partial charge is 0.453 e. The lowest BCUT2D eigenvalue weighted by Crippen LogP contribution is -2.11. The van der Waals surface area contributed by atoms with Crippen LogP contribution >= 0.6 is 0 Å². The molecule has 0 aromatic heterocycles. The van der Waals surface area contributed by atoms with Crippen molar-refractivity contribution in [1.82, 2.24) is 0 Å². The van der Waals surface area contributed by atoms with E-state index >= 15 is 0 Å². The fourth-order valence-electron chi connectivity index (χ4n) is 1.91. The van der Waals surface area contributed by atoms with E-state index < -0.39 is 6.09 Å².